The molecule has 6 aliphatic rings. The average molecular weight is 1150 g/mol. The van der Waals surface area contributed by atoms with Gasteiger partial charge in [0.05, 0.1) is 6.47 Å². The maximum Gasteiger partial charge on any atom is 1.00 e. The third-order valence-corrected chi connectivity index (χ3v) is 17.1. The second-order valence-electron chi connectivity index (χ2n) is 10.8. The molecule has 0 aromatic carbocycles. The van der Waals surface area contributed by atoms with Gasteiger partial charge in [0, 0.05) is 20.5 Å². The summed E-state index contributed by atoms with van der Waals surface area (Å²) in [5, 5.41) is 0. The predicted octanol–water partition coefficient (Wildman–Crippen LogP) is 9.93. The summed E-state index contributed by atoms with van der Waals surface area (Å²) in [6.07, 6.45) is 16.3. The molecule has 6 aliphatic carbocycles. The van der Waals surface area contributed by atoms with Crippen molar-refractivity contribution in [3.8, 4) is 0 Å². The Bertz CT molecular complexity index is 873. The molecule has 0 spiro atoms. The van der Waals surface area contributed by atoms with Gasteiger partial charge in [-0.1, -0.05) is 213 Å². The first-order valence-corrected chi connectivity index (χ1v) is 20.0. The summed E-state index contributed by atoms with van der Waals surface area (Å²) in [4.78, 5) is 4.66. The Morgan fingerprint density at radius 3 is 1.12 bits per heavy atom. The molecule has 0 saturated heterocycles. The first-order chi connectivity index (χ1) is 17.6. The molecule has 2 atom stereocenters. The maximum absolute atomic E-state index is 3.54. The number of allylic oxidation sites excluding steroid dienone is 9. The molecule has 42 heavy (non-hydrogen) atoms. The molecule has 0 aromatic heterocycles. The van der Waals surface area contributed by atoms with Gasteiger partial charge in [-0.25, -0.2) is 6.42 Å². The Kier molecular flexibility index (Phi) is 35.3. The van der Waals surface area contributed by atoms with Crippen LogP contribution in [0.25, 0.3) is 0 Å². The smallest absolute Gasteiger partial charge is 0.502 e. The molecule has 0 bridgehead atoms. The van der Waals surface area contributed by atoms with Crippen LogP contribution >= 0.6 is 143 Å². The monoisotopic (exact) mass is 1140 g/mol. The molecule has 6 rings (SSSR count). The van der Waals surface area contributed by atoms with Gasteiger partial charge in [0.15, 0.2) is 0 Å². The molecule has 2 saturated carbocycles. The topological polar surface area (TPSA) is 0 Å². The van der Waals surface area contributed by atoms with Crippen molar-refractivity contribution in [3.05, 3.63) is 75.6 Å². The van der Waals surface area contributed by atoms with Crippen molar-refractivity contribution in [1.82, 2.24) is 0 Å². The molecule has 0 heterocycles. The largest absolute Gasteiger partial charge is 1.00 e. The van der Waals surface area contributed by atoms with E-state index in [-0.39, 0.29) is 51.6 Å². The standard InChI is InChI=1S/C6H10.C5H7Br3.C4H7Br.C4H6.C3H3Br3.C3H3Br.C3H3.C2H3Br.CH3.2Li/c1-5-4-6(5,2)3;1-4(2)3(6)5(4,7)8;1-4(2)3-5;1-4-2-3-4;4-2-1-3(2,5)6;4-3-1-2-3;1-2-3-1;1-2-3;;;/h4H,1-3H3;3H,1-2H3;3H,1-2H3;2H,3H2,1H3;2H,1H2;1H,2H2;1H,2H2;2H,1H2;1H3;;/q;;;;;;-1;;-1;2*+1. The third kappa shape index (κ3) is 32.5. The molecule has 0 N–H and O–H groups in total. The van der Waals surface area contributed by atoms with E-state index in [2.05, 4.69) is 216 Å². The second-order valence-corrected chi connectivity index (χ2v) is 22.4. The second kappa shape index (κ2) is 26.8. The van der Waals surface area contributed by atoms with E-state index in [1.54, 1.807) is 10.6 Å². The van der Waals surface area contributed by atoms with Gasteiger partial charge >= 0.3 is 37.7 Å². The first-order valence-electron chi connectivity index (χ1n) is 12.4. The summed E-state index contributed by atoms with van der Waals surface area (Å²) in [6, 6.07) is 0. The molecule has 2 unspecified atom stereocenters. The number of rotatable bonds is 0. The van der Waals surface area contributed by atoms with Crippen molar-refractivity contribution in [1.29, 1.82) is 0 Å². The zero-order chi connectivity index (χ0) is 31.2. The first kappa shape index (κ1) is 55.4. The molecule has 0 aliphatic heterocycles. The fourth-order valence-electron chi connectivity index (χ4n) is 1.42. The van der Waals surface area contributed by atoms with E-state index in [1.165, 1.54) is 34.9 Å². The molecule has 0 radical (unpaired) electrons. The van der Waals surface area contributed by atoms with Gasteiger partial charge in [0.25, 0.3) is 0 Å². The van der Waals surface area contributed by atoms with Crippen molar-refractivity contribution < 1.29 is 37.7 Å². The minimum absolute atomic E-state index is 0. The fraction of sp³-hybridized carbons (Fsp3) is 0.581. The van der Waals surface area contributed by atoms with Crippen LogP contribution in [0, 0.1) is 24.3 Å². The summed E-state index contributed by atoms with van der Waals surface area (Å²) >= 11 is 30.2. The van der Waals surface area contributed by atoms with Crippen molar-refractivity contribution >= 4 is 143 Å². The van der Waals surface area contributed by atoms with Crippen molar-refractivity contribution in [2.45, 2.75) is 97.2 Å². The van der Waals surface area contributed by atoms with E-state index in [4.69, 9.17) is 0 Å². The van der Waals surface area contributed by atoms with Crippen LogP contribution in [0.15, 0.2) is 62.1 Å². The molecule has 2 fully saturated rings. The SMILES string of the molecule is BrC1=CC1.BrC1CC1(Br)Br.C=CBr.CC(C)=CBr.CC1(C)C(Br)C1(Br)Br.CC1=CC1.CC1=CC1(C)C.[C-]1=CC1.[CH3-].[Li+].[Li+]. The Labute approximate surface area is 359 Å². The van der Waals surface area contributed by atoms with E-state index in [0.717, 1.165) is 6.42 Å². The molecule has 234 valence electrons. The molecule has 11 heteroatoms. The Balaban J connectivity index is -0.000000125. The van der Waals surface area contributed by atoms with Crippen LogP contribution in [0.4, 0.5) is 0 Å². The average Bonchev–Trinajstić information content (AvgIpc) is 3.60. The summed E-state index contributed by atoms with van der Waals surface area (Å²) in [7, 11) is 0. The van der Waals surface area contributed by atoms with Gasteiger partial charge < -0.3 is 13.5 Å². The molecular formula is C31H45Br9Li2. The van der Waals surface area contributed by atoms with Gasteiger partial charge in [0.2, 0.25) is 0 Å². The maximum atomic E-state index is 3.54. The summed E-state index contributed by atoms with van der Waals surface area (Å²) in [5.41, 5.74) is 5.22. The van der Waals surface area contributed by atoms with E-state index in [1.807, 2.05) is 24.9 Å². The van der Waals surface area contributed by atoms with Crippen LogP contribution in [-0.4, -0.2) is 16.1 Å². The quantitative estimate of drug-likeness (QED) is 0.0982. The van der Waals surface area contributed by atoms with Gasteiger partial charge in [-0.2, -0.15) is 0 Å². The molecular weight excluding hydrogens is 1110 g/mol. The van der Waals surface area contributed by atoms with E-state index >= 15 is 0 Å². The minimum atomic E-state index is 0. The third-order valence-electron chi connectivity index (χ3n) is 5.38. The van der Waals surface area contributed by atoms with Crippen LogP contribution in [-0.2, 0) is 0 Å². The van der Waals surface area contributed by atoms with Gasteiger partial charge in [-0.3, -0.25) is 6.08 Å². The normalized spacial score (nSPS) is 23.1. The summed E-state index contributed by atoms with van der Waals surface area (Å²) in [6.45, 7) is 20.5. The molecule has 0 aromatic rings. The van der Waals surface area contributed by atoms with Gasteiger partial charge in [-0.15, -0.1) is 0 Å². The predicted molar refractivity (Wildman–Crippen MR) is 219 cm³/mol. The number of hydrogen-bond donors (Lipinski definition) is 0. The Morgan fingerprint density at radius 1 is 0.952 bits per heavy atom. The van der Waals surface area contributed by atoms with Crippen molar-refractivity contribution in [2.24, 2.45) is 10.8 Å². The van der Waals surface area contributed by atoms with Crippen LogP contribution in [0.3, 0.4) is 0 Å². The van der Waals surface area contributed by atoms with Crippen LogP contribution in [0.2, 0.25) is 0 Å². The Morgan fingerprint density at radius 2 is 1.12 bits per heavy atom. The van der Waals surface area contributed by atoms with Crippen LogP contribution < -0.4 is 37.7 Å². The van der Waals surface area contributed by atoms with Crippen molar-refractivity contribution in [2.75, 3.05) is 0 Å². The van der Waals surface area contributed by atoms with Crippen LogP contribution in [0.1, 0.15) is 81.1 Å². The van der Waals surface area contributed by atoms with Gasteiger partial charge in [-0.05, 0) is 61.4 Å². The fourth-order valence-corrected chi connectivity index (χ4v) is 6.42. The minimum Gasteiger partial charge on any atom is -0.502 e. The Hall–Kier alpha value is 3.95. The zero-order valence-corrected chi connectivity index (χ0v) is 41.3. The number of alkyl halides is 6. The van der Waals surface area contributed by atoms with E-state index in [9.17, 15) is 0 Å². The zero-order valence-electron chi connectivity index (χ0n) is 27.1. The molecule has 0 amide bonds. The van der Waals surface area contributed by atoms with Crippen molar-refractivity contribution in [3.63, 3.8) is 0 Å². The van der Waals surface area contributed by atoms with Gasteiger partial charge in [0.1, 0.15) is 0 Å². The van der Waals surface area contributed by atoms with E-state index in [0.29, 0.717) is 20.5 Å². The number of hydrogen-bond acceptors (Lipinski definition) is 0. The van der Waals surface area contributed by atoms with E-state index < -0.39 is 0 Å². The summed E-state index contributed by atoms with van der Waals surface area (Å²) in [5.74, 6) is 0. The molecule has 0 nitrogen and oxygen atoms in total. The number of halogens is 9. The summed E-state index contributed by atoms with van der Waals surface area (Å²) < 4.78 is 1.75. The van der Waals surface area contributed by atoms with Crippen LogP contribution in [0.5, 0.6) is 0 Å².